The molecule has 0 spiro atoms. The molecule has 2 rings (SSSR count). The van der Waals surface area contributed by atoms with Gasteiger partial charge in [-0.05, 0) is 25.5 Å². The maximum Gasteiger partial charge on any atom is 0.126 e. The van der Waals surface area contributed by atoms with E-state index in [2.05, 4.69) is 16.5 Å². The smallest absolute Gasteiger partial charge is 0.126 e. The zero-order chi connectivity index (χ0) is 13.0. The molecule has 0 aliphatic heterocycles. The second-order valence-corrected chi connectivity index (χ2v) is 4.05. The van der Waals surface area contributed by atoms with Crippen LogP contribution in [0.2, 0.25) is 0 Å². The van der Waals surface area contributed by atoms with Crippen LogP contribution in [0, 0.1) is 6.92 Å². The summed E-state index contributed by atoms with van der Waals surface area (Å²) in [5, 5.41) is 1.04. The van der Waals surface area contributed by atoms with Gasteiger partial charge in [0.25, 0.3) is 0 Å². The molecule has 0 bridgehead atoms. The van der Waals surface area contributed by atoms with Crippen molar-refractivity contribution >= 4 is 16.5 Å². The van der Waals surface area contributed by atoms with Gasteiger partial charge in [0, 0.05) is 5.39 Å². The van der Waals surface area contributed by atoms with Gasteiger partial charge in [-0.2, -0.15) is 0 Å². The zero-order valence-corrected chi connectivity index (χ0v) is 10.7. The van der Waals surface area contributed by atoms with Crippen molar-refractivity contribution in [2.45, 2.75) is 13.8 Å². The van der Waals surface area contributed by atoms with Crippen molar-refractivity contribution < 1.29 is 0 Å². The van der Waals surface area contributed by atoms with E-state index in [1.54, 1.807) is 0 Å². The van der Waals surface area contributed by atoms with E-state index in [4.69, 9.17) is 0 Å². The van der Waals surface area contributed by atoms with Gasteiger partial charge in [0.15, 0.2) is 0 Å². The van der Waals surface area contributed by atoms with Gasteiger partial charge in [-0.3, -0.25) is 0 Å². The summed E-state index contributed by atoms with van der Waals surface area (Å²) in [4.78, 5) is 8.92. The second-order valence-electron chi connectivity index (χ2n) is 4.05. The van der Waals surface area contributed by atoms with Crippen LogP contribution < -0.4 is 0 Å². The zero-order valence-electron chi connectivity index (χ0n) is 10.7. The maximum absolute atomic E-state index is 4.49. The van der Waals surface area contributed by atoms with Crippen LogP contribution in [0.4, 0.5) is 0 Å². The molecule has 0 saturated carbocycles. The Morgan fingerprint density at radius 2 is 1.94 bits per heavy atom. The summed E-state index contributed by atoms with van der Waals surface area (Å²) in [6, 6.07) is 8.00. The normalized spacial score (nSPS) is 11.7. The number of hydrogen-bond acceptors (Lipinski definition) is 2. The van der Waals surface area contributed by atoms with Gasteiger partial charge in [-0.1, -0.05) is 49.1 Å². The lowest BCUT2D eigenvalue weighted by Crippen LogP contribution is -1.95. The third kappa shape index (κ3) is 2.54. The Morgan fingerprint density at radius 1 is 1.17 bits per heavy atom. The van der Waals surface area contributed by atoms with E-state index in [0.29, 0.717) is 0 Å². The largest absolute Gasteiger partial charge is 0.233 e. The van der Waals surface area contributed by atoms with Crippen molar-refractivity contribution in [3.05, 3.63) is 66.7 Å². The van der Waals surface area contributed by atoms with Gasteiger partial charge in [-0.15, -0.1) is 0 Å². The average molecular weight is 236 g/mol. The van der Waals surface area contributed by atoms with Gasteiger partial charge >= 0.3 is 0 Å². The first-order valence-corrected chi connectivity index (χ1v) is 5.94. The number of fused-ring (bicyclic) bond motifs is 1. The molecular weight excluding hydrogens is 220 g/mol. The minimum Gasteiger partial charge on any atom is -0.233 e. The fraction of sp³-hybridized carbons (Fsp3) is 0.125. The van der Waals surface area contributed by atoms with Crippen molar-refractivity contribution in [2.75, 3.05) is 0 Å². The number of allylic oxidation sites excluding steroid dienone is 5. The first-order chi connectivity index (χ1) is 8.72. The van der Waals surface area contributed by atoms with E-state index in [1.807, 2.05) is 62.4 Å². The van der Waals surface area contributed by atoms with Crippen molar-refractivity contribution in [3.8, 4) is 0 Å². The quantitative estimate of drug-likeness (QED) is 0.750. The van der Waals surface area contributed by atoms with Gasteiger partial charge in [-0.25, -0.2) is 9.97 Å². The molecule has 90 valence electrons. The topological polar surface area (TPSA) is 25.8 Å². The highest BCUT2D eigenvalue weighted by atomic mass is 14.9. The van der Waals surface area contributed by atoms with Gasteiger partial charge < -0.3 is 0 Å². The summed E-state index contributed by atoms with van der Waals surface area (Å²) in [7, 11) is 0. The standard InChI is InChI=1S/C16H16N2/c1-4-5-6-9-12(2)16-14-10-7-8-11-15(14)17-13(3)18-16/h4-11H,2H2,1,3H3/b5-4-,9-6-. The van der Waals surface area contributed by atoms with Crippen LogP contribution in [0.15, 0.2) is 55.1 Å². The first-order valence-electron chi connectivity index (χ1n) is 5.94. The summed E-state index contributed by atoms with van der Waals surface area (Å²) in [5.41, 5.74) is 2.76. The lowest BCUT2D eigenvalue weighted by molar-refractivity contribution is 1.08. The van der Waals surface area contributed by atoms with Crippen molar-refractivity contribution in [3.63, 3.8) is 0 Å². The molecule has 0 aliphatic carbocycles. The minimum absolute atomic E-state index is 0.768. The molecule has 0 fully saturated rings. The van der Waals surface area contributed by atoms with E-state index >= 15 is 0 Å². The molecule has 0 radical (unpaired) electrons. The number of aromatic nitrogens is 2. The Hall–Kier alpha value is -2.22. The van der Waals surface area contributed by atoms with E-state index < -0.39 is 0 Å². The van der Waals surface area contributed by atoms with Gasteiger partial charge in [0.2, 0.25) is 0 Å². The summed E-state index contributed by atoms with van der Waals surface area (Å²) in [6.45, 7) is 7.96. The predicted molar refractivity (Wildman–Crippen MR) is 77.3 cm³/mol. The molecule has 1 heterocycles. The summed E-state index contributed by atoms with van der Waals surface area (Å²) in [6.07, 6.45) is 7.89. The third-order valence-corrected chi connectivity index (χ3v) is 2.62. The highest BCUT2D eigenvalue weighted by Gasteiger charge is 2.06. The molecule has 0 saturated heterocycles. The highest BCUT2D eigenvalue weighted by molar-refractivity contribution is 5.91. The second kappa shape index (κ2) is 5.41. The number of aryl methyl sites for hydroxylation is 1. The Kier molecular flexibility index (Phi) is 3.68. The van der Waals surface area contributed by atoms with E-state index in [9.17, 15) is 0 Å². The Bertz CT molecular complexity index is 637. The fourth-order valence-corrected chi connectivity index (χ4v) is 1.80. The highest BCUT2D eigenvalue weighted by Crippen LogP contribution is 2.22. The Labute approximate surface area is 107 Å². The van der Waals surface area contributed by atoms with Crippen LogP contribution in [-0.2, 0) is 0 Å². The van der Waals surface area contributed by atoms with E-state index in [0.717, 1.165) is 28.0 Å². The van der Waals surface area contributed by atoms with Crippen molar-refractivity contribution in [2.24, 2.45) is 0 Å². The molecule has 1 aromatic heterocycles. The number of para-hydroxylation sites is 1. The van der Waals surface area contributed by atoms with E-state index in [1.165, 1.54) is 0 Å². The number of benzene rings is 1. The number of nitrogens with zero attached hydrogens (tertiary/aromatic N) is 2. The van der Waals surface area contributed by atoms with Gasteiger partial charge in [0.1, 0.15) is 5.82 Å². The molecule has 0 amide bonds. The third-order valence-electron chi connectivity index (χ3n) is 2.62. The molecule has 0 unspecified atom stereocenters. The minimum atomic E-state index is 0.768. The Morgan fingerprint density at radius 3 is 2.72 bits per heavy atom. The SMILES string of the molecule is C=C(/C=C\C=C/C)c1nc(C)nc2ccccc12. The maximum atomic E-state index is 4.49. The molecule has 2 nitrogen and oxygen atoms in total. The lowest BCUT2D eigenvalue weighted by atomic mass is 10.1. The molecule has 0 atom stereocenters. The first kappa shape index (κ1) is 12.2. The summed E-state index contributed by atoms with van der Waals surface area (Å²) < 4.78 is 0. The monoisotopic (exact) mass is 236 g/mol. The van der Waals surface area contributed by atoms with Crippen LogP contribution in [0.5, 0.6) is 0 Å². The molecule has 2 aromatic rings. The molecular formula is C16H16N2. The van der Waals surface area contributed by atoms with Crippen LogP contribution in [0.3, 0.4) is 0 Å². The summed E-state index contributed by atoms with van der Waals surface area (Å²) >= 11 is 0. The molecule has 2 heteroatoms. The lowest BCUT2D eigenvalue weighted by Gasteiger charge is -2.06. The van der Waals surface area contributed by atoms with Crippen LogP contribution in [0.1, 0.15) is 18.4 Å². The predicted octanol–water partition coefficient (Wildman–Crippen LogP) is 4.08. The number of rotatable bonds is 3. The molecule has 0 aliphatic rings. The molecule has 0 N–H and O–H groups in total. The van der Waals surface area contributed by atoms with Crippen LogP contribution >= 0.6 is 0 Å². The Balaban J connectivity index is 2.53. The van der Waals surface area contributed by atoms with Crippen molar-refractivity contribution in [1.29, 1.82) is 0 Å². The molecule has 1 aromatic carbocycles. The average Bonchev–Trinajstić information content (AvgIpc) is 2.38. The van der Waals surface area contributed by atoms with E-state index in [-0.39, 0.29) is 0 Å². The van der Waals surface area contributed by atoms with Gasteiger partial charge in [0.05, 0.1) is 11.2 Å². The van der Waals surface area contributed by atoms with Crippen LogP contribution in [0.25, 0.3) is 16.5 Å². The van der Waals surface area contributed by atoms with Crippen LogP contribution in [-0.4, -0.2) is 9.97 Å². The summed E-state index contributed by atoms with van der Waals surface area (Å²) in [5.74, 6) is 0.768. The fourth-order valence-electron chi connectivity index (χ4n) is 1.80. The number of hydrogen-bond donors (Lipinski definition) is 0. The van der Waals surface area contributed by atoms with Crippen molar-refractivity contribution in [1.82, 2.24) is 9.97 Å². The molecule has 18 heavy (non-hydrogen) atoms.